The highest BCUT2D eigenvalue weighted by atomic mass is 32.2. The van der Waals surface area contributed by atoms with Gasteiger partial charge in [0.1, 0.15) is 23.7 Å². The average Bonchev–Trinajstić information content (AvgIpc) is 2.54. The predicted octanol–water partition coefficient (Wildman–Crippen LogP) is -0.369. The number of aliphatic hydroxyl groups is 3. The molecule has 0 spiro atoms. The first-order valence-electron chi connectivity index (χ1n) is 7.14. The third-order valence-electron chi connectivity index (χ3n) is 3.55. The van der Waals surface area contributed by atoms with E-state index in [4.69, 9.17) is 4.74 Å². The predicted molar refractivity (Wildman–Crippen MR) is 84.3 cm³/mol. The van der Waals surface area contributed by atoms with Gasteiger partial charge in [-0.05, 0) is 12.1 Å². The molecule has 1 aliphatic rings. The Kier molecular flexibility index (Phi) is 6.13. The first-order chi connectivity index (χ1) is 11.3. The highest BCUT2D eigenvalue weighted by Gasteiger charge is 2.45. The lowest BCUT2D eigenvalue weighted by Gasteiger charge is -2.42. The fourth-order valence-corrected chi connectivity index (χ4v) is 3.49. The van der Waals surface area contributed by atoms with E-state index >= 15 is 0 Å². The van der Waals surface area contributed by atoms with Gasteiger partial charge in [0.25, 0.3) is 5.69 Å². The number of benzene rings is 1. The van der Waals surface area contributed by atoms with Crippen LogP contribution in [0.2, 0.25) is 0 Å². The van der Waals surface area contributed by atoms with E-state index in [-0.39, 0.29) is 5.69 Å². The number of nitro benzene ring substituents is 1. The molecule has 1 heterocycles. The Bertz CT molecular complexity index is 597. The van der Waals surface area contributed by atoms with Crippen molar-refractivity contribution in [1.29, 1.82) is 0 Å². The minimum Gasteiger partial charge on any atom is -0.394 e. The summed E-state index contributed by atoms with van der Waals surface area (Å²) in [7, 11) is 0. The van der Waals surface area contributed by atoms with Gasteiger partial charge in [0, 0.05) is 24.0 Å². The van der Waals surface area contributed by atoms with Gasteiger partial charge in [0.15, 0.2) is 0 Å². The number of nitro groups is 1. The molecule has 1 aliphatic heterocycles. The minimum atomic E-state index is -1.35. The number of hydrogen-bond donors (Lipinski definition) is 4. The van der Waals surface area contributed by atoms with E-state index in [1.54, 1.807) is 0 Å². The van der Waals surface area contributed by atoms with Crippen LogP contribution in [-0.4, -0.2) is 62.5 Å². The summed E-state index contributed by atoms with van der Waals surface area (Å²) in [5, 5.41) is 42.6. The molecule has 10 heteroatoms. The molecule has 0 aromatic heterocycles. The zero-order chi connectivity index (χ0) is 17.9. The summed E-state index contributed by atoms with van der Waals surface area (Å²) < 4.78 is 5.57. The number of carbonyl (C=O) groups is 1. The molecule has 1 fully saturated rings. The van der Waals surface area contributed by atoms with Crippen LogP contribution in [-0.2, 0) is 9.53 Å². The molecule has 0 aliphatic carbocycles. The van der Waals surface area contributed by atoms with Crippen LogP contribution in [0.4, 0.5) is 5.69 Å². The summed E-state index contributed by atoms with van der Waals surface area (Å²) in [6, 6.07) is 4.78. The number of amides is 1. The van der Waals surface area contributed by atoms with Crippen molar-refractivity contribution in [3.05, 3.63) is 34.4 Å². The van der Waals surface area contributed by atoms with E-state index < -0.39 is 47.2 Å². The molecule has 9 nitrogen and oxygen atoms in total. The monoisotopic (exact) mass is 358 g/mol. The van der Waals surface area contributed by atoms with Crippen LogP contribution in [0.25, 0.3) is 0 Å². The number of thioether (sulfide) groups is 1. The van der Waals surface area contributed by atoms with Crippen LogP contribution in [0, 0.1) is 10.1 Å². The second-order valence-electron chi connectivity index (χ2n) is 5.30. The highest BCUT2D eigenvalue weighted by Crippen LogP contribution is 2.34. The number of nitrogens with one attached hydrogen (secondary N) is 1. The molecule has 1 aromatic rings. The number of aliphatic hydroxyl groups excluding tert-OH is 3. The molecule has 0 saturated carbocycles. The Morgan fingerprint density at radius 2 is 1.96 bits per heavy atom. The molecular weight excluding hydrogens is 340 g/mol. The van der Waals surface area contributed by atoms with Crippen LogP contribution < -0.4 is 5.32 Å². The second-order valence-corrected chi connectivity index (χ2v) is 6.47. The smallest absolute Gasteiger partial charge is 0.269 e. The van der Waals surface area contributed by atoms with E-state index in [0.717, 1.165) is 11.8 Å². The van der Waals surface area contributed by atoms with Crippen LogP contribution in [0.5, 0.6) is 0 Å². The number of carbonyl (C=O) groups excluding carboxylic acids is 1. The van der Waals surface area contributed by atoms with Crippen molar-refractivity contribution < 1.29 is 29.8 Å². The molecule has 24 heavy (non-hydrogen) atoms. The summed E-state index contributed by atoms with van der Waals surface area (Å²) >= 11 is 1.12. The fourth-order valence-electron chi connectivity index (χ4n) is 2.35. The maximum atomic E-state index is 11.3. The van der Waals surface area contributed by atoms with Crippen molar-refractivity contribution in [3.63, 3.8) is 0 Å². The number of nitrogens with zero attached hydrogens (tertiary/aromatic N) is 1. The average molecular weight is 358 g/mol. The Morgan fingerprint density at radius 1 is 1.33 bits per heavy atom. The Hall–Kier alpha value is -1.72. The van der Waals surface area contributed by atoms with E-state index in [1.807, 2.05) is 0 Å². The Morgan fingerprint density at radius 3 is 2.46 bits per heavy atom. The zero-order valence-electron chi connectivity index (χ0n) is 12.7. The maximum Gasteiger partial charge on any atom is 0.269 e. The fraction of sp³-hybridized carbons (Fsp3) is 0.500. The van der Waals surface area contributed by atoms with Crippen molar-refractivity contribution in [1.82, 2.24) is 5.32 Å². The standard InChI is InChI=1S/C14H18N2O7S/c1-7(18)15-11-13(20)12(19)10(6-17)23-14(11)24-9-4-2-8(3-5-9)16(21)22/h2-5,10-14,17,19-20H,6H2,1H3,(H,15,18). The minimum absolute atomic E-state index is 0.0639. The van der Waals surface area contributed by atoms with E-state index in [1.165, 1.54) is 31.2 Å². The van der Waals surface area contributed by atoms with E-state index in [2.05, 4.69) is 5.32 Å². The first-order valence-corrected chi connectivity index (χ1v) is 8.02. The first kappa shape index (κ1) is 18.6. The lowest BCUT2D eigenvalue weighted by molar-refractivity contribution is -0.384. The molecule has 1 amide bonds. The second kappa shape index (κ2) is 7.90. The SMILES string of the molecule is CC(=O)NC1C(Sc2ccc([N+](=O)[O-])cc2)OC(CO)C(O)C1O. The molecule has 132 valence electrons. The lowest BCUT2D eigenvalue weighted by atomic mass is 9.98. The van der Waals surface area contributed by atoms with Crippen LogP contribution >= 0.6 is 11.8 Å². The van der Waals surface area contributed by atoms with Gasteiger partial charge in [-0.25, -0.2) is 0 Å². The molecule has 5 atom stereocenters. The van der Waals surface area contributed by atoms with Crippen molar-refractivity contribution in [2.24, 2.45) is 0 Å². The Labute approximate surface area is 141 Å². The lowest BCUT2D eigenvalue weighted by Crippen LogP contribution is -2.63. The van der Waals surface area contributed by atoms with E-state index in [9.17, 15) is 30.2 Å². The quantitative estimate of drug-likeness (QED) is 0.412. The highest BCUT2D eigenvalue weighted by molar-refractivity contribution is 7.99. The van der Waals surface area contributed by atoms with Gasteiger partial charge in [0.2, 0.25) is 5.91 Å². The number of rotatable bonds is 5. The number of non-ortho nitro benzene ring substituents is 1. The van der Waals surface area contributed by atoms with Gasteiger partial charge in [-0.1, -0.05) is 11.8 Å². The van der Waals surface area contributed by atoms with Gasteiger partial charge in [0.05, 0.1) is 17.6 Å². The zero-order valence-corrected chi connectivity index (χ0v) is 13.5. The molecule has 4 N–H and O–H groups in total. The largest absolute Gasteiger partial charge is 0.394 e. The van der Waals surface area contributed by atoms with Gasteiger partial charge in [-0.2, -0.15) is 0 Å². The van der Waals surface area contributed by atoms with Crippen molar-refractivity contribution >= 4 is 23.4 Å². The van der Waals surface area contributed by atoms with Gasteiger partial charge in [-0.15, -0.1) is 0 Å². The molecule has 1 aromatic carbocycles. The number of ether oxygens (including phenoxy) is 1. The van der Waals surface area contributed by atoms with Gasteiger partial charge in [-0.3, -0.25) is 14.9 Å². The summed E-state index contributed by atoms with van der Waals surface area (Å²) in [6.45, 7) is 0.771. The summed E-state index contributed by atoms with van der Waals surface area (Å²) in [4.78, 5) is 22.1. The molecular formula is C14H18N2O7S. The third kappa shape index (κ3) is 4.22. The molecule has 1 saturated heterocycles. The van der Waals surface area contributed by atoms with Gasteiger partial charge >= 0.3 is 0 Å². The molecule has 2 rings (SSSR count). The van der Waals surface area contributed by atoms with Crippen molar-refractivity contribution in [2.75, 3.05) is 6.61 Å². The topological polar surface area (TPSA) is 142 Å². The van der Waals surface area contributed by atoms with Gasteiger partial charge < -0.3 is 25.4 Å². The summed E-state index contributed by atoms with van der Waals surface area (Å²) in [5.74, 6) is -0.411. The van der Waals surface area contributed by atoms with Crippen molar-refractivity contribution in [2.45, 2.75) is 41.6 Å². The van der Waals surface area contributed by atoms with Crippen LogP contribution in [0.3, 0.4) is 0 Å². The number of hydrogen-bond acceptors (Lipinski definition) is 8. The molecule has 0 bridgehead atoms. The Balaban J connectivity index is 2.19. The molecule has 5 unspecified atom stereocenters. The van der Waals surface area contributed by atoms with E-state index in [0.29, 0.717) is 4.90 Å². The maximum absolute atomic E-state index is 11.3. The summed E-state index contributed by atoms with van der Waals surface area (Å²) in [5.41, 5.74) is -0.850. The molecule has 0 radical (unpaired) electrons. The summed E-state index contributed by atoms with van der Waals surface area (Å²) in [6.07, 6.45) is -3.67. The van der Waals surface area contributed by atoms with Crippen molar-refractivity contribution in [3.8, 4) is 0 Å². The van der Waals surface area contributed by atoms with Crippen LogP contribution in [0.15, 0.2) is 29.2 Å². The normalized spacial score (nSPS) is 29.9. The third-order valence-corrected chi connectivity index (χ3v) is 4.73. The van der Waals surface area contributed by atoms with Crippen LogP contribution in [0.1, 0.15) is 6.92 Å².